The number of ether oxygens (including phenoxy) is 1. The van der Waals surface area contributed by atoms with Crippen LogP contribution in [0.4, 0.5) is 4.79 Å². The minimum Gasteiger partial charge on any atom is -0.444 e. The van der Waals surface area contributed by atoms with Gasteiger partial charge in [0.25, 0.3) is 0 Å². The minimum absolute atomic E-state index is 0.0800. The molecule has 2 rings (SSSR count). The summed E-state index contributed by atoms with van der Waals surface area (Å²) in [7, 11) is 0. The number of carbonyl (C=O) groups excluding carboxylic acids is 1. The molecule has 1 unspecified atom stereocenters. The van der Waals surface area contributed by atoms with Crippen molar-refractivity contribution in [2.24, 2.45) is 5.73 Å². The molecule has 1 aromatic heterocycles. The third-order valence-corrected chi connectivity index (χ3v) is 3.82. The third kappa shape index (κ3) is 4.87. The lowest BCUT2D eigenvalue weighted by atomic mass is 10.1. The van der Waals surface area contributed by atoms with Gasteiger partial charge in [0.05, 0.1) is 6.04 Å². The standard InChI is InChI=1S/C16H27N5O2/c1-12-18-10-13(11-19-12)14(9-17)20-5-7-21(8-6-20)15(22)23-16(2,3)4/h10-11,14H,5-9,17H2,1-4H3. The summed E-state index contributed by atoms with van der Waals surface area (Å²) in [5.74, 6) is 0.749. The summed E-state index contributed by atoms with van der Waals surface area (Å²) in [6.07, 6.45) is 3.42. The van der Waals surface area contributed by atoms with Gasteiger partial charge in [-0.05, 0) is 27.7 Å². The van der Waals surface area contributed by atoms with E-state index in [9.17, 15) is 4.79 Å². The molecule has 7 nitrogen and oxygen atoms in total. The number of carbonyl (C=O) groups is 1. The zero-order valence-corrected chi connectivity index (χ0v) is 14.5. The number of hydrogen-bond donors (Lipinski definition) is 1. The Bertz CT molecular complexity index is 518. The van der Waals surface area contributed by atoms with Gasteiger partial charge in [-0.15, -0.1) is 0 Å². The van der Waals surface area contributed by atoms with Crippen LogP contribution in [0.25, 0.3) is 0 Å². The van der Waals surface area contributed by atoms with Crippen LogP contribution < -0.4 is 5.73 Å². The molecule has 2 heterocycles. The van der Waals surface area contributed by atoms with Gasteiger partial charge in [-0.1, -0.05) is 0 Å². The average Bonchev–Trinajstić information content (AvgIpc) is 2.49. The summed E-state index contributed by atoms with van der Waals surface area (Å²) in [5, 5.41) is 0. The topological polar surface area (TPSA) is 84.6 Å². The van der Waals surface area contributed by atoms with Gasteiger partial charge in [-0.2, -0.15) is 0 Å². The van der Waals surface area contributed by atoms with Gasteiger partial charge in [0, 0.05) is 50.7 Å². The molecule has 1 aromatic rings. The van der Waals surface area contributed by atoms with Gasteiger partial charge in [-0.25, -0.2) is 14.8 Å². The fourth-order valence-corrected chi connectivity index (χ4v) is 2.61. The Labute approximate surface area is 137 Å². The summed E-state index contributed by atoms with van der Waals surface area (Å²) < 4.78 is 5.42. The predicted molar refractivity (Wildman–Crippen MR) is 87.9 cm³/mol. The smallest absolute Gasteiger partial charge is 0.410 e. The van der Waals surface area contributed by atoms with Crippen molar-refractivity contribution in [2.75, 3.05) is 32.7 Å². The molecule has 1 amide bonds. The molecule has 1 aliphatic rings. The highest BCUT2D eigenvalue weighted by molar-refractivity contribution is 5.68. The van der Waals surface area contributed by atoms with Gasteiger partial charge in [0.15, 0.2) is 0 Å². The lowest BCUT2D eigenvalue weighted by Gasteiger charge is -2.39. The van der Waals surface area contributed by atoms with Crippen LogP contribution in [-0.2, 0) is 4.74 Å². The maximum absolute atomic E-state index is 12.1. The van der Waals surface area contributed by atoms with E-state index >= 15 is 0 Å². The molecule has 0 aliphatic carbocycles. The van der Waals surface area contributed by atoms with E-state index in [2.05, 4.69) is 14.9 Å². The molecule has 0 aromatic carbocycles. The number of nitrogens with zero attached hydrogens (tertiary/aromatic N) is 4. The fourth-order valence-electron chi connectivity index (χ4n) is 2.61. The van der Waals surface area contributed by atoms with Crippen molar-refractivity contribution < 1.29 is 9.53 Å². The SMILES string of the molecule is Cc1ncc(C(CN)N2CCN(C(=O)OC(C)(C)C)CC2)cn1. The number of aromatic nitrogens is 2. The van der Waals surface area contributed by atoms with Crippen molar-refractivity contribution in [1.29, 1.82) is 0 Å². The molecule has 1 saturated heterocycles. The van der Waals surface area contributed by atoms with Crippen molar-refractivity contribution in [2.45, 2.75) is 39.3 Å². The van der Waals surface area contributed by atoms with E-state index in [-0.39, 0.29) is 12.1 Å². The molecule has 7 heteroatoms. The van der Waals surface area contributed by atoms with Gasteiger partial charge >= 0.3 is 6.09 Å². The van der Waals surface area contributed by atoms with Gasteiger partial charge in [0.2, 0.25) is 0 Å². The molecular weight excluding hydrogens is 294 g/mol. The van der Waals surface area contributed by atoms with Crippen LogP contribution in [0.5, 0.6) is 0 Å². The van der Waals surface area contributed by atoms with Crippen molar-refractivity contribution in [3.63, 3.8) is 0 Å². The molecular formula is C16H27N5O2. The van der Waals surface area contributed by atoms with Gasteiger partial charge < -0.3 is 15.4 Å². The molecule has 1 fully saturated rings. The molecule has 23 heavy (non-hydrogen) atoms. The van der Waals surface area contributed by atoms with E-state index in [1.54, 1.807) is 4.90 Å². The minimum atomic E-state index is -0.465. The zero-order chi connectivity index (χ0) is 17.0. The second-order valence-electron chi connectivity index (χ2n) is 6.82. The normalized spacial score (nSPS) is 17.9. The number of hydrogen-bond acceptors (Lipinski definition) is 6. The molecule has 0 spiro atoms. The Morgan fingerprint density at radius 1 is 1.26 bits per heavy atom. The Hall–Kier alpha value is -1.73. The highest BCUT2D eigenvalue weighted by Crippen LogP contribution is 2.21. The second-order valence-corrected chi connectivity index (χ2v) is 6.82. The largest absolute Gasteiger partial charge is 0.444 e. The first-order valence-corrected chi connectivity index (χ1v) is 8.01. The molecule has 1 aliphatic heterocycles. The molecule has 128 valence electrons. The van der Waals surface area contributed by atoms with Crippen LogP contribution in [0.2, 0.25) is 0 Å². The summed E-state index contributed by atoms with van der Waals surface area (Å²) in [5.41, 5.74) is 6.50. The van der Waals surface area contributed by atoms with Crippen LogP contribution in [0.3, 0.4) is 0 Å². The van der Waals surface area contributed by atoms with E-state index < -0.39 is 5.60 Å². The first-order chi connectivity index (χ1) is 10.8. The van der Waals surface area contributed by atoms with Crippen molar-refractivity contribution in [3.8, 4) is 0 Å². The monoisotopic (exact) mass is 321 g/mol. The first-order valence-electron chi connectivity index (χ1n) is 8.01. The maximum atomic E-state index is 12.1. The Morgan fingerprint density at radius 3 is 2.30 bits per heavy atom. The predicted octanol–water partition coefficient (Wildman–Crippen LogP) is 1.34. The number of rotatable bonds is 3. The van der Waals surface area contributed by atoms with E-state index in [0.717, 1.165) is 24.5 Å². The molecule has 2 N–H and O–H groups in total. The van der Waals surface area contributed by atoms with Crippen LogP contribution in [-0.4, -0.2) is 64.2 Å². The average molecular weight is 321 g/mol. The summed E-state index contributed by atoms with van der Waals surface area (Å²) >= 11 is 0. The first kappa shape index (κ1) is 17.6. The molecule has 0 bridgehead atoms. The number of aryl methyl sites for hydroxylation is 1. The van der Waals surface area contributed by atoms with E-state index in [1.165, 1.54) is 0 Å². The van der Waals surface area contributed by atoms with Crippen molar-refractivity contribution >= 4 is 6.09 Å². The van der Waals surface area contributed by atoms with Crippen molar-refractivity contribution in [1.82, 2.24) is 19.8 Å². The maximum Gasteiger partial charge on any atom is 0.410 e. The van der Waals surface area contributed by atoms with Crippen LogP contribution in [0.1, 0.15) is 38.2 Å². The summed E-state index contributed by atoms with van der Waals surface area (Å²) in [4.78, 5) is 24.6. The Balaban J connectivity index is 1.94. The molecule has 1 atom stereocenters. The number of amides is 1. The quantitative estimate of drug-likeness (QED) is 0.904. The van der Waals surface area contributed by atoms with Gasteiger partial charge in [0.1, 0.15) is 11.4 Å². The number of nitrogens with two attached hydrogens (primary N) is 1. The van der Waals surface area contributed by atoms with E-state index in [1.807, 2.05) is 40.1 Å². The fraction of sp³-hybridized carbons (Fsp3) is 0.688. The highest BCUT2D eigenvalue weighted by Gasteiger charge is 2.29. The molecule has 0 saturated carbocycles. The highest BCUT2D eigenvalue weighted by atomic mass is 16.6. The van der Waals surface area contributed by atoms with E-state index in [0.29, 0.717) is 19.6 Å². The number of piperazine rings is 1. The lowest BCUT2D eigenvalue weighted by Crippen LogP contribution is -2.51. The Morgan fingerprint density at radius 2 is 1.83 bits per heavy atom. The molecule has 0 radical (unpaired) electrons. The third-order valence-electron chi connectivity index (χ3n) is 3.82. The van der Waals surface area contributed by atoms with Crippen LogP contribution in [0, 0.1) is 6.92 Å². The van der Waals surface area contributed by atoms with Crippen molar-refractivity contribution in [3.05, 3.63) is 23.8 Å². The zero-order valence-electron chi connectivity index (χ0n) is 14.5. The summed E-state index contributed by atoms with van der Waals surface area (Å²) in [6, 6.07) is 0.0800. The van der Waals surface area contributed by atoms with Gasteiger partial charge in [-0.3, -0.25) is 4.90 Å². The van der Waals surface area contributed by atoms with E-state index in [4.69, 9.17) is 10.5 Å². The lowest BCUT2D eigenvalue weighted by molar-refractivity contribution is 0.0106. The van der Waals surface area contributed by atoms with Crippen LogP contribution >= 0.6 is 0 Å². The Kier molecular flexibility index (Phi) is 5.54. The second kappa shape index (κ2) is 7.23. The summed E-state index contributed by atoms with van der Waals surface area (Å²) in [6.45, 7) is 10.8. The van der Waals surface area contributed by atoms with Crippen LogP contribution in [0.15, 0.2) is 12.4 Å².